The van der Waals surface area contributed by atoms with Crippen molar-refractivity contribution in [1.29, 1.82) is 0 Å². The molecular formula is C20H20FN3O2. The molecule has 1 atom stereocenters. The molecule has 4 rings (SSSR count). The first-order valence-corrected chi connectivity index (χ1v) is 8.57. The van der Waals surface area contributed by atoms with E-state index in [9.17, 15) is 4.39 Å². The molecule has 0 bridgehead atoms. The minimum atomic E-state index is -0.282. The highest BCUT2D eigenvalue weighted by molar-refractivity contribution is 5.82. The van der Waals surface area contributed by atoms with Gasteiger partial charge in [0.25, 0.3) is 0 Å². The summed E-state index contributed by atoms with van der Waals surface area (Å²) in [5, 5.41) is 4.02. The number of hydrogen-bond acceptors (Lipinski definition) is 3. The molecule has 0 saturated heterocycles. The van der Waals surface area contributed by atoms with Crippen LogP contribution < -0.4 is 15.8 Å². The molecule has 3 N–H and O–H groups in total. The van der Waals surface area contributed by atoms with Gasteiger partial charge in [-0.1, -0.05) is 18.2 Å². The summed E-state index contributed by atoms with van der Waals surface area (Å²) in [6.45, 7) is 2.83. The van der Waals surface area contributed by atoms with Gasteiger partial charge in [-0.05, 0) is 31.2 Å². The van der Waals surface area contributed by atoms with Crippen LogP contribution in [0.3, 0.4) is 0 Å². The molecule has 5 nitrogen and oxygen atoms in total. The molecule has 1 aliphatic rings. The van der Waals surface area contributed by atoms with Crippen LogP contribution in [0.4, 0.5) is 4.39 Å². The Morgan fingerprint density at radius 1 is 1.31 bits per heavy atom. The number of ether oxygens (including phenoxy) is 1. The van der Waals surface area contributed by atoms with Gasteiger partial charge in [0, 0.05) is 22.9 Å². The lowest BCUT2D eigenvalue weighted by Gasteiger charge is -2.26. The number of furan rings is 1. The number of nitrogens with one attached hydrogen (secondary N) is 1. The van der Waals surface area contributed by atoms with Crippen LogP contribution in [0.5, 0.6) is 5.75 Å². The first kappa shape index (κ1) is 16.4. The third kappa shape index (κ3) is 3.10. The summed E-state index contributed by atoms with van der Waals surface area (Å²) >= 11 is 0. The standard InChI is InChI=1S/C20H20FN3O2/c1-12-15-10-13(21)6-7-18(15)26-19(12)11-23-20(22)24-16-8-9-25-17-5-3-2-4-14(16)17/h2-7,10,16H,8-9,11H2,1H3,(H3,22,23,24). The van der Waals surface area contributed by atoms with E-state index in [4.69, 9.17) is 14.9 Å². The molecular weight excluding hydrogens is 333 g/mol. The van der Waals surface area contributed by atoms with Crippen molar-refractivity contribution in [2.45, 2.75) is 25.9 Å². The zero-order valence-electron chi connectivity index (χ0n) is 14.5. The molecule has 0 radical (unpaired) electrons. The van der Waals surface area contributed by atoms with Gasteiger partial charge in [0.15, 0.2) is 5.96 Å². The predicted molar refractivity (Wildman–Crippen MR) is 98.7 cm³/mol. The van der Waals surface area contributed by atoms with E-state index < -0.39 is 0 Å². The number of benzene rings is 2. The van der Waals surface area contributed by atoms with Gasteiger partial charge in [0.1, 0.15) is 29.5 Å². The minimum absolute atomic E-state index is 0.0644. The van der Waals surface area contributed by atoms with Crippen molar-refractivity contribution in [2.75, 3.05) is 6.61 Å². The third-order valence-electron chi connectivity index (χ3n) is 4.67. The van der Waals surface area contributed by atoms with E-state index in [2.05, 4.69) is 10.3 Å². The number of rotatable bonds is 3. The maximum absolute atomic E-state index is 13.4. The second-order valence-electron chi connectivity index (χ2n) is 6.36. The van der Waals surface area contributed by atoms with Crippen molar-refractivity contribution < 1.29 is 13.5 Å². The number of fused-ring (bicyclic) bond motifs is 2. The number of hydrogen-bond donors (Lipinski definition) is 2. The summed E-state index contributed by atoms with van der Waals surface area (Å²) in [5.41, 5.74) is 8.68. The number of aliphatic imine (C=N–C) groups is 1. The fraction of sp³-hybridized carbons (Fsp3) is 0.250. The van der Waals surface area contributed by atoms with E-state index in [-0.39, 0.29) is 11.9 Å². The van der Waals surface area contributed by atoms with Crippen molar-refractivity contribution in [3.8, 4) is 5.75 Å². The summed E-state index contributed by atoms with van der Waals surface area (Å²) in [6, 6.07) is 12.5. The first-order valence-electron chi connectivity index (χ1n) is 8.57. The van der Waals surface area contributed by atoms with Crippen LogP contribution in [-0.4, -0.2) is 12.6 Å². The molecule has 134 valence electrons. The second-order valence-corrected chi connectivity index (χ2v) is 6.36. The Labute approximate surface area is 150 Å². The number of guanidine groups is 1. The fourth-order valence-electron chi connectivity index (χ4n) is 3.27. The van der Waals surface area contributed by atoms with E-state index in [1.807, 2.05) is 31.2 Å². The van der Waals surface area contributed by atoms with Crippen molar-refractivity contribution in [3.05, 3.63) is 65.2 Å². The lowest BCUT2D eigenvalue weighted by molar-refractivity contribution is 0.262. The maximum atomic E-state index is 13.4. The monoisotopic (exact) mass is 353 g/mol. The second kappa shape index (κ2) is 6.71. The zero-order valence-corrected chi connectivity index (χ0v) is 14.5. The molecule has 1 aromatic heterocycles. The van der Waals surface area contributed by atoms with Gasteiger partial charge in [-0.3, -0.25) is 0 Å². The fourth-order valence-corrected chi connectivity index (χ4v) is 3.27. The number of para-hydroxylation sites is 1. The summed E-state index contributed by atoms with van der Waals surface area (Å²) in [4.78, 5) is 4.39. The van der Waals surface area contributed by atoms with Gasteiger partial charge in [-0.2, -0.15) is 0 Å². The Bertz CT molecular complexity index is 980. The molecule has 0 amide bonds. The zero-order chi connectivity index (χ0) is 18.1. The molecule has 0 spiro atoms. The first-order chi connectivity index (χ1) is 12.6. The van der Waals surface area contributed by atoms with Crippen LogP contribution in [0.15, 0.2) is 51.9 Å². The molecule has 2 aromatic carbocycles. The van der Waals surface area contributed by atoms with Gasteiger partial charge in [0.2, 0.25) is 0 Å². The van der Waals surface area contributed by atoms with Gasteiger partial charge in [-0.25, -0.2) is 9.38 Å². The van der Waals surface area contributed by atoms with Crippen LogP contribution in [0.2, 0.25) is 0 Å². The van der Waals surface area contributed by atoms with E-state index in [0.717, 1.165) is 28.7 Å². The van der Waals surface area contributed by atoms with Crippen LogP contribution in [0, 0.1) is 12.7 Å². The molecule has 0 saturated carbocycles. The van der Waals surface area contributed by atoms with Gasteiger partial charge >= 0.3 is 0 Å². The summed E-state index contributed by atoms with van der Waals surface area (Å²) in [7, 11) is 0. The van der Waals surface area contributed by atoms with Crippen LogP contribution in [-0.2, 0) is 6.54 Å². The number of aryl methyl sites for hydroxylation is 1. The molecule has 3 aromatic rings. The summed E-state index contributed by atoms with van der Waals surface area (Å²) in [5.74, 6) is 1.62. The van der Waals surface area contributed by atoms with Crippen molar-refractivity contribution in [1.82, 2.24) is 5.32 Å². The number of nitrogens with two attached hydrogens (primary N) is 1. The Hall–Kier alpha value is -3.02. The predicted octanol–water partition coefficient (Wildman–Crippen LogP) is 3.81. The van der Waals surface area contributed by atoms with E-state index >= 15 is 0 Å². The SMILES string of the molecule is Cc1c(CN=C(N)NC2CCOc3ccccc32)oc2ccc(F)cc12. The van der Waals surface area contributed by atoms with Crippen LogP contribution >= 0.6 is 0 Å². The maximum Gasteiger partial charge on any atom is 0.189 e. The minimum Gasteiger partial charge on any atom is -0.493 e. The highest BCUT2D eigenvalue weighted by atomic mass is 19.1. The van der Waals surface area contributed by atoms with Crippen molar-refractivity contribution in [3.63, 3.8) is 0 Å². The van der Waals surface area contributed by atoms with Gasteiger partial charge in [0.05, 0.1) is 12.6 Å². The molecule has 26 heavy (non-hydrogen) atoms. The highest BCUT2D eigenvalue weighted by Gasteiger charge is 2.21. The van der Waals surface area contributed by atoms with Crippen LogP contribution in [0.25, 0.3) is 11.0 Å². The van der Waals surface area contributed by atoms with Crippen LogP contribution in [0.1, 0.15) is 29.3 Å². The Morgan fingerprint density at radius 2 is 2.15 bits per heavy atom. The average molecular weight is 353 g/mol. The Kier molecular flexibility index (Phi) is 4.24. The summed E-state index contributed by atoms with van der Waals surface area (Å²) < 4.78 is 24.8. The smallest absolute Gasteiger partial charge is 0.189 e. The largest absolute Gasteiger partial charge is 0.493 e. The molecule has 0 fully saturated rings. The Balaban J connectivity index is 1.50. The Morgan fingerprint density at radius 3 is 3.04 bits per heavy atom. The highest BCUT2D eigenvalue weighted by Crippen LogP contribution is 2.31. The lowest BCUT2D eigenvalue weighted by atomic mass is 10.0. The van der Waals surface area contributed by atoms with E-state index in [1.54, 1.807) is 6.07 Å². The van der Waals surface area contributed by atoms with Gasteiger partial charge in [-0.15, -0.1) is 0 Å². The normalized spacial score (nSPS) is 17.0. The number of halogens is 1. The molecule has 2 heterocycles. The molecule has 6 heteroatoms. The third-order valence-corrected chi connectivity index (χ3v) is 4.67. The van der Waals surface area contributed by atoms with E-state index in [1.165, 1.54) is 12.1 Å². The van der Waals surface area contributed by atoms with Crippen molar-refractivity contribution in [2.24, 2.45) is 10.7 Å². The molecule has 1 aliphatic heterocycles. The van der Waals surface area contributed by atoms with E-state index in [0.29, 0.717) is 30.5 Å². The summed E-state index contributed by atoms with van der Waals surface area (Å²) in [6.07, 6.45) is 0.816. The topological polar surface area (TPSA) is 72.8 Å². The van der Waals surface area contributed by atoms with Gasteiger partial charge < -0.3 is 20.2 Å². The molecule has 1 unspecified atom stereocenters. The van der Waals surface area contributed by atoms with Crippen molar-refractivity contribution >= 4 is 16.9 Å². The quantitative estimate of drug-likeness (QED) is 0.555. The molecule has 0 aliphatic carbocycles. The average Bonchev–Trinajstić information content (AvgIpc) is 2.96. The number of nitrogens with zero attached hydrogens (tertiary/aromatic N) is 1. The lowest BCUT2D eigenvalue weighted by Crippen LogP contribution is -2.37.